The third-order valence-electron chi connectivity index (χ3n) is 6.89. The highest BCUT2D eigenvalue weighted by Gasteiger charge is 2.38. The number of anilines is 2. The van der Waals surface area contributed by atoms with Crippen LogP contribution in [0.2, 0.25) is 0 Å². The van der Waals surface area contributed by atoms with E-state index in [2.05, 4.69) is 50.0 Å². The highest BCUT2D eigenvalue weighted by Crippen LogP contribution is 2.45. The SMILES string of the molecule is CCN1c2cc(C)c(/C=C3\SC(=O)N(CC(=O)Nc4ccc(C)cc4)C3=O)cc2[C@H](C)CC1(C)C. The molecule has 1 fully saturated rings. The summed E-state index contributed by atoms with van der Waals surface area (Å²) in [6.45, 7) is 13.6. The molecule has 0 radical (unpaired) electrons. The van der Waals surface area contributed by atoms with E-state index in [9.17, 15) is 14.4 Å². The van der Waals surface area contributed by atoms with E-state index in [4.69, 9.17) is 0 Å². The Balaban J connectivity index is 1.55. The van der Waals surface area contributed by atoms with Crippen molar-refractivity contribution in [2.45, 2.75) is 59.4 Å². The largest absolute Gasteiger partial charge is 0.366 e. The minimum absolute atomic E-state index is 0.0803. The number of aryl methyl sites for hydroxylation is 2. The molecule has 2 aromatic rings. The predicted molar refractivity (Wildman–Crippen MR) is 144 cm³/mol. The van der Waals surface area contributed by atoms with Gasteiger partial charge in [0.2, 0.25) is 5.91 Å². The van der Waals surface area contributed by atoms with Gasteiger partial charge in [-0.05, 0) is 106 Å². The summed E-state index contributed by atoms with van der Waals surface area (Å²) in [6.07, 6.45) is 2.84. The minimum Gasteiger partial charge on any atom is -0.366 e. The van der Waals surface area contributed by atoms with Gasteiger partial charge < -0.3 is 10.2 Å². The van der Waals surface area contributed by atoms with E-state index in [1.54, 1.807) is 18.2 Å². The lowest BCUT2D eigenvalue weighted by Crippen LogP contribution is -2.48. The molecule has 3 amide bonds. The van der Waals surface area contributed by atoms with Gasteiger partial charge in [0, 0.05) is 23.5 Å². The van der Waals surface area contributed by atoms with E-state index in [1.807, 2.05) is 26.0 Å². The van der Waals surface area contributed by atoms with Crippen molar-refractivity contribution < 1.29 is 14.4 Å². The average molecular weight is 492 g/mol. The summed E-state index contributed by atoms with van der Waals surface area (Å²) in [7, 11) is 0. The molecule has 184 valence electrons. The number of hydrogen-bond donors (Lipinski definition) is 1. The van der Waals surface area contributed by atoms with Crippen molar-refractivity contribution in [2.75, 3.05) is 23.3 Å². The number of imide groups is 1. The average Bonchev–Trinajstić information content (AvgIpc) is 3.03. The van der Waals surface area contributed by atoms with Crippen LogP contribution in [0, 0.1) is 13.8 Å². The van der Waals surface area contributed by atoms with Crippen LogP contribution in [0.4, 0.5) is 16.2 Å². The van der Waals surface area contributed by atoms with Crippen LogP contribution in [0.3, 0.4) is 0 Å². The summed E-state index contributed by atoms with van der Waals surface area (Å²) in [5.41, 5.74) is 6.28. The molecular formula is C28H33N3O3S. The molecule has 2 heterocycles. The Hall–Kier alpha value is -3.06. The summed E-state index contributed by atoms with van der Waals surface area (Å²) >= 11 is 0.887. The molecule has 0 unspecified atom stereocenters. The summed E-state index contributed by atoms with van der Waals surface area (Å²) in [5, 5.41) is 2.32. The van der Waals surface area contributed by atoms with E-state index in [1.165, 1.54) is 11.3 Å². The molecule has 1 N–H and O–H groups in total. The van der Waals surface area contributed by atoms with Crippen LogP contribution in [-0.4, -0.2) is 40.6 Å². The van der Waals surface area contributed by atoms with Gasteiger partial charge in [0.1, 0.15) is 6.54 Å². The van der Waals surface area contributed by atoms with Crippen molar-refractivity contribution in [1.29, 1.82) is 0 Å². The molecule has 7 heteroatoms. The van der Waals surface area contributed by atoms with E-state index in [0.29, 0.717) is 16.5 Å². The van der Waals surface area contributed by atoms with Crippen molar-refractivity contribution in [1.82, 2.24) is 4.90 Å². The molecule has 0 spiro atoms. The molecule has 1 atom stereocenters. The first-order valence-electron chi connectivity index (χ1n) is 12.0. The number of nitrogens with zero attached hydrogens (tertiary/aromatic N) is 2. The summed E-state index contributed by atoms with van der Waals surface area (Å²) < 4.78 is 0. The molecule has 4 rings (SSSR count). The Kier molecular flexibility index (Phi) is 6.82. The quantitative estimate of drug-likeness (QED) is 0.513. The second-order valence-corrected chi connectivity index (χ2v) is 11.1. The van der Waals surface area contributed by atoms with Gasteiger partial charge in [-0.3, -0.25) is 19.3 Å². The second-order valence-electron chi connectivity index (χ2n) is 10.1. The van der Waals surface area contributed by atoms with Gasteiger partial charge in [0.25, 0.3) is 11.1 Å². The molecular weight excluding hydrogens is 458 g/mol. The molecule has 2 aliphatic heterocycles. The summed E-state index contributed by atoms with van der Waals surface area (Å²) in [5.74, 6) is -0.449. The molecule has 2 aromatic carbocycles. The summed E-state index contributed by atoms with van der Waals surface area (Å²) in [6, 6.07) is 11.7. The van der Waals surface area contributed by atoms with E-state index in [-0.39, 0.29) is 12.1 Å². The molecule has 0 saturated carbocycles. The van der Waals surface area contributed by atoms with Gasteiger partial charge in [-0.15, -0.1) is 0 Å². The Labute approximate surface area is 211 Å². The van der Waals surface area contributed by atoms with Crippen LogP contribution in [0.15, 0.2) is 41.3 Å². The smallest absolute Gasteiger partial charge is 0.294 e. The Bertz CT molecular complexity index is 1220. The third kappa shape index (κ3) is 5.01. The fourth-order valence-corrected chi connectivity index (χ4v) is 5.99. The van der Waals surface area contributed by atoms with Crippen LogP contribution >= 0.6 is 11.8 Å². The van der Waals surface area contributed by atoms with Gasteiger partial charge in [-0.25, -0.2) is 0 Å². The van der Waals surface area contributed by atoms with Crippen molar-refractivity contribution in [3.63, 3.8) is 0 Å². The van der Waals surface area contributed by atoms with Gasteiger partial charge in [0.15, 0.2) is 0 Å². The highest BCUT2D eigenvalue weighted by molar-refractivity contribution is 8.18. The van der Waals surface area contributed by atoms with Crippen molar-refractivity contribution >= 4 is 46.3 Å². The molecule has 2 aliphatic rings. The normalized spacial score (nSPS) is 20.4. The van der Waals surface area contributed by atoms with Crippen molar-refractivity contribution in [2.24, 2.45) is 0 Å². The van der Waals surface area contributed by atoms with E-state index < -0.39 is 17.1 Å². The first kappa shape index (κ1) is 25.0. The Morgan fingerprint density at radius 2 is 1.86 bits per heavy atom. The number of hydrogen-bond acceptors (Lipinski definition) is 5. The fraction of sp³-hybridized carbons (Fsp3) is 0.393. The number of amides is 3. The zero-order valence-corrected chi connectivity index (χ0v) is 22.1. The molecule has 35 heavy (non-hydrogen) atoms. The zero-order valence-electron chi connectivity index (χ0n) is 21.3. The van der Waals surface area contributed by atoms with Crippen molar-refractivity contribution in [3.05, 3.63) is 63.6 Å². The van der Waals surface area contributed by atoms with Gasteiger partial charge in [-0.1, -0.05) is 24.6 Å². The van der Waals surface area contributed by atoms with Crippen LogP contribution in [0.1, 0.15) is 62.3 Å². The lowest BCUT2D eigenvalue weighted by molar-refractivity contribution is -0.127. The first-order chi connectivity index (χ1) is 16.5. The summed E-state index contributed by atoms with van der Waals surface area (Å²) in [4.78, 5) is 41.9. The van der Waals surface area contributed by atoms with Gasteiger partial charge >= 0.3 is 0 Å². The van der Waals surface area contributed by atoms with Crippen LogP contribution < -0.4 is 10.2 Å². The molecule has 0 aliphatic carbocycles. The standard InChI is InChI=1S/C28H33N3O3S/c1-7-31-23-12-18(3)20(13-22(23)19(4)15-28(31,5)6)14-24-26(33)30(27(34)35-24)16-25(32)29-21-10-8-17(2)9-11-21/h8-14,19H,7,15-16H2,1-6H3,(H,29,32)/b24-14-/t19-/m1/s1. The Morgan fingerprint density at radius 1 is 1.17 bits per heavy atom. The molecule has 6 nitrogen and oxygen atoms in total. The van der Waals surface area contributed by atoms with E-state index in [0.717, 1.165) is 46.3 Å². The van der Waals surface area contributed by atoms with Crippen LogP contribution in [0.25, 0.3) is 6.08 Å². The topological polar surface area (TPSA) is 69.7 Å². The fourth-order valence-electron chi connectivity index (χ4n) is 5.16. The Morgan fingerprint density at radius 3 is 2.51 bits per heavy atom. The third-order valence-corrected chi connectivity index (χ3v) is 7.79. The molecule has 0 bridgehead atoms. The lowest BCUT2D eigenvalue weighted by atomic mass is 9.79. The second kappa shape index (κ2) is 9.53. The zero-order chi connectivity index (χ0) is 25.5. The minimum atomic E-state index is -0.430. The van der Waals surface area contributed by atoms with Crippen molar-refractivity contribution in [3.8, 4) is 0 Å². The maximum absolute atomic E-state index is 13.0. The number of carbonyl (C=O) groups excluding carboxylic acids is 3. The lowest BCUT2D eigenvalue weighted by Gasteiger charge is -2.47. The maximum atomic E-state index is 13.0. The molecule has 1 saturated heterocycles. The first-order valence-corrected chi connectivity index (χ1v) is 12.9. The van der Waals surface area contributed by atoms with Crippen LogP contribution in [-0.2, 0) is 9.59 Å². The molecule has 0 aromatic heterocycles. The number of carbonyl (C=O) groups is 3. The number of rotatable bonds is 5. The predicted octanol–water partition coefficient (Wildman–Crippen LogP) is 6.09. The van der Waals surface area contributed by atoms with Gasteiger partial charge in [-0.2, -0.15) is 0 Å². The maximum Gasteiger partial charge on any atom is 0.294 e. The van der Waals surface area contributed by atoms with Crippen LogP contribution in [0.5, 0.6) is 0 Å². The number of nitrogens with one attached hydrogen (secondary N) is 1. The number of fused-ring (bicyclic) bond motifs is 1. The van der Waals surface area contributed by atoms with E-state index >= 15 is 0 Å². The number of thioether (sulfide) groups is 1. The monoisotopic (exact) mass is 491 g/mol. The van der Waals surface area contributed by atoms with Gasteiger partial charge in [0.05, 0.1) is 4.91 Å². The number of benzene rings is 2. The highest BCUT2D eigenvalue weighted by atomic mass is 32.2.